The molecule has 12 heteroatoms. The third-order valence-corrected chi connectivity index (χ3v) is 8.05. The molecule has 1 aromatic rings. The first kappa shape index (κ1) is 25.8. The van der Waals surface area contributed by atoms with Gasteiger partial charge in [0.1, 0.15) is 5.75 Å². The first-order valence-corrected chi connectivity index (χ1v) is 12.7. The highest BCUT2D eigenvalue weighted by atomic mass is 32.2. The first-order valence-electron chi connectivity index (χ1n) is 10.9. The standard InChI is InChI=1S/C22H26F3N3O5S/c1-3-34(31,32)14-21(8-9-21)20(30)28-10-4-5-16(13-28)19(29)27-12-15-6-7-17(26-2)11-18(15)33-22(23,24)25/h6-7,11,16H,3-5,8-10,12-14H2,1H3,(H,27,29)/t16-/m1/s1. The second kappa shape index (κ2) is 9.82. The second-order valence-electron chi connectivity index (χ2n) is 8.72. The Balaban J connectivity index is 1.63. The van der Waals surface area contributed by atoms with Crippen molar-refractivity contribution in [1.82, 2.24) is 10.2 Å². The van der Waals surface area contributed by atoms with Gasteiger partial charge in [0.2, 0.25) is 11.8 Å². The normalized spacial score (nSPS) is 19.7. The maximum absolute atomic E-state index is 13.0. The zero-order valence-corrected chi connectivity index (χ0v) is 19.5. The van der Waals surface area contributed by atoms with Crippen LogP contribution in [0, 0.1) is 17.9 Å². The lowest BCUT2D eigenvalue weighted by Gasteiger charge is -2.34. The number of carbonyl (C=O) groups is 2. The predicted octanol–water partition coefficient (Wildman–Crippen LogP) is 3.21. The maximum atomic E-state index is 13.0. The fraction of sp³-hybridized carbons (Fsp3) is 0.591. The molecular weight excluding hydrogens is 475 g/mol. The van der Waals surface area contributed by atoms with E-state index in [1.165, 1.54) is 24.0 Å². The first-order chi connectivity index (χ1) is 15.9. The molecule has 0 unspecified atom stereocenters. The van der Waals surface area contributed by atoms with Crippen molar-refractivity contribution in [2.24, 2.45) is 11.3 Å². The minimum atomic E-state index is -4.95. The molecule has 1 heterocycles. The Labute approximate surface area is 196 Å². The number of hydrogen-bond acceptors (Lipinski definition) is 5. The molecule has 34 heavy (non-hydrogen) atoms. The molecule has 186 valence electrons. The van der Waals surface area contributed by atoms with Crippen molar-refractivity contribution >= 4 is 27.3 Å². The van der Waals surface area contributed by atoms with E-state index in [1.807, 2.05) is 0 Å². The topological polar surface area (TPSA) is 97.1 Å². The molecule has 2 amide bonds. The van der Waals surface area contributed by atoms with Gasteiger partial charge in [0.05, 0.1) is 23.7 Å². The van der Waals surface area contributed by atoms with E-state index in [0.29, 0.717) is 32.2 Å². The Kier molecular flexibility index (Phi) is 7.45. The van der Waals surface area contributed by atoms with Crippen molar-refractivity contribution in [2.75, 3.05) is 24.6 Å². The summed E-state index contributed by atoms with van der Waals surface area (Å²) >= 11 is 0. The Morgan fingerprint density at radius 3 is 2.62 bits per heavy atom. The fourth-order valence-corrected chi connectivity index (χ4v) is 5.57. The molecule has 8 nitrogen and oxygen atoms in total. The minimum absolute atomic E-state index is 0.0325. The zero-order chi connectivity index (χ0) is 25.1. The van der Waals surface area contributed by atoms with E-state index >= 15 is 0 Å². The monoisotopic (exact) mass is 501 g/mol. The maximum Gasteiger partial charge on any atom is 0.573 e. The van der Waals surface area contributed by atoms with E-state index < -0.39 is 39.2 Å². The van der Waals surface area contributed by atoms with Crippen LogP contribution in [0.2, 0.25) is 0 Å². The average Bonchev–Trinajstić information content (AvgIpc) is 3.56. The Morgan fingerprint density at radius 1 is 1.32 bits per heavy atom. The number of carbonyl (C=O) groups excluding carboxylic acids is 2. The molecule has 1 atom stereocenters. The van der Waals surface area contributed by atoms with Crippen molar-refractivity contribution in [3.8, 4) is 5.75 Å². The van der Waals surface area contributed by atoms with Gasteiger partial charge in [-0.3, -0.25) is 9.59 Å². The molecule has 1 saturated heterocycles. The SMILES string of the molecule is [C-]#[N+]c1ccc(CNC(=O)[C@@H]2CCCN(C(=O)C3(CS(=O)(=O)CC)CC3)C2)c(OC(F)(F)F)c1. The quantitative estimate of drug-likeness (QED) is 0.552. The van der Waals surface area contributed by atoms with Crippen LogP contribution in [0.25, 0.3) is 4.85 Å². The van der Waals surface area contributed by atoms with Gasteiger partial charge in [-0.05, 0) is 31.7 Å². The number of alkyl halides is 3. The molecule has 2 aliphatic rings. The summed E-state index contributed by atoms with van der Waals surface area (Å²) in [5.74, 6) is -2.02. The van der Waals surface area contributed by atoms with E-state index in [9.17, 15) is 31.2 Å². The van der Waals surface area contributed by atoms with Crippen LogP contribution in [-0.4, -0.2) is 56.1 Å². The van der Waals surface area contributed by atoms with Crippen LogP contribution in [0.5, 0.6) is 5.75 Å². The molecule has 0 aromatic heterocycles. The number of hydrogen-bond donors (Lipinski definition) is 1. The zero-order valence-electron chi connectivity index (χ0n) is 18.7. The van der Waals surface area contributed by atoms with Crippen LogP contribution in [0.1, 0.15) is 38.2 Å². The van der Waals surface area contributed by atoms with E-state index in [2.05, 4.69) is 14.9 Å². The van der Waals surface area contributed by atoms with Crippen molar-refractivity contribution in [3.05, 3.63) is 35.2 Å². The highest BCUT2D eigenvalue weighted by molar-refractivity contribution is 7.91. The summed E-state index contributed by atoms with van der Waals surface area (Å²) in [4.78, 5) is 30.4. The third kappa shape index (κ3) is 6.40. The summed E-state index contributed by atoms with van der Waals surface area (Å²) in [7, 11) is -3.33. The number of rotatable bonds is 8. The summed E-state index contributed by atoms with van der Waals surface area (Å²) in [6.07, 6.45) is -2.89. The Morgan fingerprint density at radius 2 is 2.03 bits per heavy atom. The molecule has 1 aliphatic heterocycles. The van der Waals surface area contributed by atoms with E-state index in [4.69, 9.17) is 6.57 Å². The molecular formula is C22H26F3N3O5S. The van der Waals surface area contributed by atoms with Gasteiger partial charge in [-0.1, -0.05) is 19.1 Å². The number of piperidine rings is 1. The summed E-state index contributed by atoms with van der Waals surface area (Å²) in [5.41, 5.74) is -0.875. The molecule has 1 aliphatic carbocycles. The van der Waals surface area contributed by atoms with Gasteiger partial charge < -0.3 is 15.0 Å². The molecule has 0 radical (unpaired) electrons. The third-order valence-electron chi connectivity index (χ3n) is 6.18. The lowest BCUT2D eigenvalue weighted by atomic mass is 9.95. The van der Waals surface area contributed by atoms with Crippen LogP contribution in [0.4, 0.5) is 18.9 Å². The van der Waals surface area contributed by atoms with E-state index in [-0.39, 0.29) is 41.8 Å². The number of benzene rings is 1. The number of likely N-dealkylation sites (tertiary alicyclic amines) is 1. The average molecular weight is 502 g/mol. The van der Waals surface area contributed by atoms with Gasteiger partial charge >= 0.3 is 6.36 Å². The van der Waals surface area contributed by atoms with Crippen LogP contribution < -0.4 is 10.1 Å². The van der Waals surface area contributed by atoms with Gasteiger partial charge in [-0.2, -0.15) is 0 Å². The summed E-state index contributed by atoms with van der Waals surface area (Å²) < 4.78 is 66.3. The summed E-state index contributed by atoms with van der Waals surface area (Å²) in [6, 6.07) is 3.58. The van der Waals surface area contributed by atoms with Gasteiger partial charge in [0, 0.05) is 31.0 Å². The second-order valence-corrected chi connectivity index (χ2v) is 11.1. The highest BCUT2D eigenvalue weighted by Crippen LogP contribution is 2.49. The molecule has 3 rings (SSSR count). The molecule has 0 spiro atoms. The van der Waals surface area contributed by atoms with Crippen LogP contribution in [-0.2, 0) is 26.0 Å². The van der Waals surface area contributed by atoms with Crippen molar-refractivity contribution in [1.29, 1.82) is 0 Å². The fourth-order valence-electron chi connectivity index (χ4n) is 4.11. The largest absolute Gasteiger partial charge is 0.573 e. The molecule has 1 aromatic carbocycles. The van der Waals surface area contributed by atoms with Gasteiger partial charge in [0.15, 0.2) is 15.5 Å². The highest BCUT2D eigenvalue weighted by Gasteiger charge is 2.54. The van der Waals surface area contributed by atoms with Crippen LogP contribution in [0.15, 0.2) is 18.2 Å². The summed E-state index contributed by atoms with van der Waals surface area (Å²) in [5, 5.41) is 2.60. The molecule has 1 N–H and O–H groups in total. The minimum Gasteiger partial charge on any atom is -0.407 e. The smallest absolute Gasteiger partial charge is 0.407 e. The van der Waals surface area contributed by atoms with Gasteiger partial charge in [-0.15, -0.1) is 13.2 Å². The number of nitrogens with zero attached hydrogens (tertiary/aromatic N) is 2. The number of sulfone groups is 1. The molecule has 1 saturated carbocycles. The number of halogens is 3. The van der Waals surface area contributed by atoms with E-state index in [0.717, 1.165) is 6.07 Å². The number of amides is 2. The Bertz CT molecular complexity index is 1090. The van der Waals surface area contributed by atoms with E-state index in [1.54, 1.807) is 0 Å². The Hall–Kier alpha value is -2.81. The lowest BCUT2D eigenvalue weighted by molar-refractivity contribution is -0.274. The predicted molar refractivity (Wildman–Crippen MR) is 117 cm³/mol. The molecule has 2 fully saturated rings. The summed E-state index contributed by atoms with van der Waals surface area (Å²) in [6.45, 7) is 8.81. The molecule has 0 bridgehead atoms. The van der Waals surface area contributed by atoms with Crippen LogP contribution in [0.3, 0.4) is 0 Å². The van der Waals surface area contributed by atoms with Crippen molar-refractivity contribution < 1.29 is 35.9 Å². The number of nitrogens with one attached hydrogen (secondary N) is 1. The van der Waals surface area contributed by atoms with Crippen molar-refractivity contribution in [2.45, 2.75) is 45.5 Å². The van der Waals surface area contributed by atoms with Gasteiger partial charge in [-0.25, -0.2) is 13.3 Å². The number of ether oxygens (including phenoxy) is 1. The van der Waals surface area contributed by atoms with Crippen molar-refractivity contribution in [3.63, 3.8) is 0 Å². The van der Waals surface area contributed by atoms with Gasteiger partial charge in [0.25, 0.3) is 0 Å². The van der Waals surface area contributed by atoms with Crippen LogP contribution >= 0.6 is 0 Å². The lowest BCUT2D eigenvalue weighted by Crippen LogP contribution is -2.48.